The molecule has 1 amide bonds. The average Bonchev–Trinajstić information content (AvgIpc) is 2.63. The summed E-state index contributed by atoms with van der Waals surface area (Å²) in [7, 11) is 0. The lowest BCUT2D eigenvalue weighted by molar-refractivity contribution is -0.111. The van der Waals surface area contributed by atoms with E-state index in [-0.39, 0.29) is 5.56 Å². The predicted molar refractivity (Wildman–Crippen MR) is 94.0 cm³/mol. The molecule has 2 aromatic rings. The number of benzene rings is 1. The Bertz CT molecular complexity index is 912. The number of nitriles is 1. The van der Waals surface area contributed by atoms with Gasteiger partial charge in [0.25, 0.3) is 0 Å². The maximum absolute atomic E-state index is 13.3. The molecule has 0 radical (unpaired) electrons. The van der Waals surface area contributed by atoms with Gasteiger partial charge in [0.1, 0.15) is 11.9 Å². The average molecular weight is 335 g/mol. The Morgan fingerprint density at radius 2 is 2.20 bits per heavy atom. The van der Waals surface area contributed by atoms with E-state index in [2.05, 4.69) is 10.3 Å². The van der Waals surface area contributed by atoms with Crippen molar-refractivity contribution in [2.24, 2.45) is 5.73 Å². The fourth-order valence-corrected chi connectivity index (χ4v) is 2.06. The number of hydrogen-bond donors (Lipinski definition) is 3. The van der Waals surface area contributed by atoms with Gasteiger partial charge in [-0.3, -0.25) is 9.78 Å². The van der Waals surface area contributed by atoms with Crippen LogP contribution in [0, 0.1) is 22.6 Å². The third kappa shape index (κ3) is 4.36. The van der Waals surface area contributed by atoms with Gasteiger partial charge in [0, 0.05) is 47.7 Å². The van der Waals surface area contributed by atoms with Gasteiger partial charge in [-0.25, -0.2) is 4.39 Å². The van der Waals surface area contributed by atoms with Crippen LogP contribution in [0.1, 0.15) is 16.7 Å². The number of carbonyl (C=O) groups is 1. The van der Waals surface area contributed by atoms with Gasteiger partial charge in [0.05, 0.1) is 5.56 Å². The maximum Gasteiger partial charge on any atom is 0.248 e. The fourth-order valence-electron chi connectivity index (χ4n) is 2.06. The number of carbonyl (C=O) groups excluding carboxylic acids is 1. The van der Waals surface area contributed by atoms with Crippen LogP contribution in [0.15, 0.2) is 48.9 Å². The quantitative estimate of drug-likeness (QED) is 0.575. The van der Waals surface area contributed by atoms with Crippen LogP contribution in [-0.2, 0) is 4.79 Å². The van der Waals surface area contributed by atoms with Crippen molar-refractivity contribution in [2.45, 2.75) is 0 Å². The maximum atomic E-state index is 13.3. The fraction of sp³-hybridized carbons (Fsp3) is 0. The van der Waals surface area contributed by atoms with Crippen molar-refractivity contribution < 1.29 is 9.18 Å². The number of nitrogens with zero attached hydrogens (tertiary/aromatic N) is 2. The predicted octanol–water partition coefficient (Wildman–Crippen LogP) is 2.69. The second-order valence-corrected chi connectivity index (χ2v) is 4.86. The monoisotopic (exact) mass is 335 g/mol. The highest BCUT2D eigenvalue weighted by molar-refractivity contribution is 6.10. The number of nitrogens with two attached hydrogens (primary N) is 1. The number of nitrogens with one attached hydrogen (secondary N) is 2. The standard InChI is InChI=1S/C18H14FN5O/c19-17-3-2-15(7-13(17)8-20)24-18(25)4-1-12-11-23-6-5-16(12)14(9-21)10-22/h1-7,9-11,21H,22H2,(H,24,25)/b4-1+,14-10+,21-9?. The SMILES string of the molecule is N#Cc1cc(NC(=O)/C=C/c2cnccc2/C(C=N)=C/N)ccc1F. The Labute approximate surface area is 143 Å². The van der Waals surface area contributed by atoms with E-state index in [4.69, 9.17) is 16.4 Å². The number of halogens is 1. The minimum atomic E-state index is -0.649. The van der Waals surface area contributed by atoms with Crippen LogP contribution in [-0.4, -0.2) is 17.1 Å². The van der Waals surface area contributed by atoms with E-state index in [1.165, 1.54) is 36.7 Å². The summed E-state index contributed by atoms with van der Waals surface area (Å²) >= 11 is 0. The molecule has 0 aliphatic carbocycles. The zero-order chi connectivity index (χ0) is 18.2. The molecule has 0 aliphatic heterocycles. The van der Waals surface area contributed by atoms with Gasteiger partial charge in [0.15, 0.2) is 0 Å². The molecule has 124 valence electrons. The van der Waals surface area contributed by atoms with Gasteiger partial charge in [-0.2, -0.15) is 5.26 Å². The van der Waals surface area contributed by atoms with Crippen LogP contribution < -0.4 is 11.1 Å². The lowest BCUT2D eigenvalue weighted by atomic mass is 10.0. The number of allylic oxidation sites excluding steroid dienone is 1. The minimum Gasteiger partial charge on any atom is -0.404 e. The highest BCUT2D eigenvalue weighted by Crippen LogP contribution is 2.18. The third-order valence-corrected chi connectivity index (χ3v) is 3.27. The third-order valence-electron chi connectivity index (χ3n) is 3.27. The Hall–Kier alpha value is -3.79. The molecule has 4 N–H and O–H groups in total. The molecule has 1 aromatic carbocycles. The molecule has 1 heterocycles. The van der Waals surface area contributed by atoms with Crippen LogP contribution in [0.5, 0.6) is 0 Å². The van der Waals surface area contributed by atoms with Gasteiger partial charge >= 0.3 is 0 Å². The smallest absolute Gasteiger partial charge is 0.248 e. The first-order valence-electron chi connectivity index (χ1n) is 7.14. The number of amides is 1. The van der Waals surface area contributed by atoms with E-state index in [0.29, 0.717) is 22.4 Å². The van der Waals surface area contributed by atoms with Crippen molar-refractivity contribution in [3.05, 3.63) is 71.4 Å². The zero-order valence-electron chi connectivity index (χ0n) is 13.0. The highest BCUT2D eigenvalue weighted by atomic mass is 19.1. The van der Waals surface area contributed by atoms with Gasteiger partial charge in [0.2, 0.25) is 5.91 Å². The van der Waals surface area contributed by atoms with Gasteiger partial charge in [-0.05, 0) is 35.9 Å². The van der Waals surface area contributed by atoms with Crippen LogP contribution in [0.3, 0.4) is 0 Å². The number of rotatable bonds is 5. The second-order valence-electron chi connectivity index (χ2n) is 4.86. The molecule has 0 unspecified atom stereocenters. The lowest BCUT2D eigenvalue weighted by Gasteiger charge is -2.05. The topological polar surface area (TPSA) is 116 Å². The van der Waals surface area contributed by atoms with Crippen molar-refractivity contribution in [1.82, 2.24) is 4.98 Å². The van der Waals surface area contributed by atoms with Crippen LogP contribution in [0.25, 0.3) is 11.6 Å². The number of anilines is 1. The van der Waals surface area contributed by atoms with Crippen molar-refractivity contribution in [3.63, 3.8) is 0 Å². The van der Waals surface area contributed by atoms with Crippen LogP contribution >= 0.6 is 0 Å². The van der Waals surface area contributed by atoms with Crippen molar-refractivity contribution in [2.75, 3.05) is 5.32 Å². The Morgan fingerprint density at radius 1 is 1.40 bits per heavy atom. The Morgan fingerprint density at radius 3 is 2.88 bits per heavy atom. The molecule has 2 rings (SSSR count). The van der Waals surface area contributed by atoms with Crippen LogP contribution in [0.4, 0.5) is 10.1 Å². The minimum absolute atomic E-state index is 0.153. The molecule has 0 spiro atoms. The summed E-state index contributed by atoms with van der Waals surface area (Å²) in [5.74, 6) is -1.11. The van der Waals surface area contributed by atoms with Gasteiger partial charge in [-0.1, -0.05) is 0 Å². The molecule has 0 saturated heterocycles. The van der Waals surface area contributed by atoms with Crippen molar-refractivity contribution in [3.8, 4) is 6.07 Å². The first kappa shape index (κ1) is 17.6. The number of hydrogen-bond acceptors (Lipinski definition) is 5. The normalized spacial score (nSPS) is 11.1. The molecule has 7 heteroatoms. The Kier molecular flexibility index (Phi) is 5.74. The largest absolute Gasteiger partial charge is 0.404 e. The van der Waals surface area contributed by atoms with E-state index in [1.54, 1.807) is 18.3 Å². The summed E-state index contributed by atoms with van der Waals surface area (Å²) in [6.45, 7) is 0. The number of aromatic nitrogens is 1. The molecule has 0 aliphatic rings. The summed E-state index contributed by atoms with van der Waals surface area (Å²) in [6.07, 6.45) is 8.29. The molecule has 1 aromatic heterocycles. The molecule has 0 bridgehead atoms. The summed E-state index contributed by atoms with van der Waals surface area (Å²) in [5.41, 5.74) is 7.39. The molecular weight excluding hydrogens is 321 g/mol. The van der Waals surface area contributed by atoms with E-state index in [1.807, 2.05) is 0 Å². The molecule has 25 heavy (non-hydrogen) atoms. The zero-order valence-corrected chi connectivity index (χ0v) is 13.0. The van der Waals surface area contributed by atoms with E-state index in [9.17, 15) is 9.18 Å². The Balaban J connectivity index is 2.19. The van der Waals surface area contributed by atoms with Crippen molar-refractivity contribution in [1.29, 1.82) is 10.7 Å². The molecule has 6 nitrogen and oxygen atoms in total. The summed E-state index contributed by atoms with van der Waals surface area (Å²) in [4.78, 5) is 16.0. The summed E-state index contributed by atoms with van der Waals surface area (Å²) in [6, 6.07) is 7.11. The summed E-state index contributed by atoms with van der Waals surface area (Å²) in [5, 5.41) is 18.7. The molecular formula is C18H14FN5O. The van der Waals surface area contributed by atoms with Gasteiger partial charge < -0.3 is 16.5 Å². The number of pyridine rings is 1. The molecule has 0 saturated carbocycles. The van der Waals surface area contributed by atoms with E-state index < -0.39 is 11.7 Å². The van der Waals surface area contributed by atoms with Crippen molar-refractivity contribution >= 4 is 29.5 Å². The van der Waals surface area contributed by atoms with E-state index >= 15 is 0 Å². The summed E-state index contributed by atoms with van der Waals surface area (Å²) < 4.78 is 13.3. The van der Waals surface area contributed by atoms with Gasteiger partial charge in [-0.15, -0.1) is 0 Å². The molecule has 0 atom stereocenters. The highest BCUT2D eigenvalue weighted by Gasteiger charge is 2.06. The second kappa shape index (κ2) is 8.17. The first-order valence-corrected chi connectivity index (χ1v) is 7.14. The van der Waals surface area contributed by atoms with E-state index in [0.717, 1.165) is 12.3 Å². The lowest BCUT2D eigenvalue weighted by Crippen LogP contribution is -2.08. The first-order chi connectivity index (χ1) is 12.1. The van der Waals surface area contributed by atoms with Crippen LogP contribution in [0.2, 0.25) is 0 Å². The molecule has 0 fully saturated rings.